The summed E-state index contributed by atoms with van der Waals surface area (Å²) < 4.78 is 34.0. The van der Waals surface area contributed by atoms with Crippen molar-refractivity contribution >= 4 is 32.7 Å². The fourth-order valence-electron chi connectivity index (χ4n) is 3.68. The lowest BCUT2D eigenvalue weighted by atomic mass is 10.0. The van der Waals surface area contributed by atoms with Crippen molar-refractivity contribution in [2.75, 3.05) is 18.6 Å². The number of halogens is 2. The number of aromatic nitrogens is 1. The number of fused-ring (bicyclic) bond motifs is 1. The van der Waals surface area contributed by atoms with E-state index in [9.17, 15) is 18.7 Å². The lowest BCUT2D eigenvalue weighted by Gasteiger charge is -2.29. The topological polar surface area (TPSA) is 62.7 Å². The van der Waals surface area contributed by atoms with Crippen LogP contribution in [0.15, 0.2) is 60.7 Å². The number of carbonyl (C=O) groups is 1. The summed E-state index contributed by atoms with van der Waals surface area (Å²) in [5, 5.41) is 9.82. The van der Waals surface area contributed by atoms with Crippen molar-refractivity contribution in [3.63, 3.8) is 0 Å². The molecule has 4 aromatic rings. The van der Waals surface area contributed by atoms with Gasteiger partial charge in [0.05, 0.1) is 28.9 Å². The molecule has 0 saturated heterocycles. The molecule has 0 aliphatic rings. The Balaban J connectivity index is 1.67. The van der Waals surface area contributed by atoms with E-state index in [2.05, 4.69) is 4.98 Å². The van der Waals surface area contributed by atoms with Crippen LogP contribution in [0.5, 0.6) is 5.75 Å². The third-order valence-electron chi connectivity index (χ3n) is 5.57. The first-order valence-electron chi connectivity index (χ1n) is 10.3. The lowest BCUT2D eigenvalue weighted by Crippen LogP contribution is -2.29. The Morgan fingerprint density at radius 1 is 1.12 bits per heavy atom. The van der Waals surface area contributed by atoms with Gasteiger partial charge in [-0.15, -0.1) is 0 Å². The molecule has 0 fully saturated rings. The van der Waals surface area contributed by atoms with Crippen LogP contribution in [0, 0.1) is 11.6 Å². The van der Waals surface area contributed by atoms with E-state index >= 15 is 0 Å². The van der Waals surface area contributed by atoms with Gasteiger partial charge in [0.15, 0.2) is 16.7 Å². The predicted molar refractivity (Wildman–Crippen MR) is 125 cm³/mol. The number of thiazole rings is 1. The van der Waals surface area contributed by atoms with Gasteiger partial charge >= 0.3 is 5.97 Å². The average Bonchev–Trinajstić information content (AvgIpc) is 3.24. The Kier molecular flexibility index (Phi) is 6.55. The normalized spacial score (nSPS) is 12.0. The van der Waals surface area contributed by atoms with Gasteiger partial charge < -0.3 is 14.7 Å². The lowest BCUT2D eigenvalue weighted by molar-refractivity contribution is 0.0697. The van der Waals surface area contributed by atoms with Gasteiger partial charge in [0, 0.05) is 6.54 Å². The van der Waals surface area contributed by atoms with Crippen molar-refractivity contribution in [1.82, 2.24) is 4.98 Å². The molecule has 0 radical (unpaired) electrons. The van der Waals surface area contributed by atoms with Gasteiger partial charge in [0.25, 0.3) is 0 Å². The summed E-state index contributed by atoms with van der Waals surface area (Å²) in [5.41, 5.74) is 2.46. The van der Waals surface area contributed by atoms with Gasteiger partial charge in [0.1, 0.15) is 5.82 Å². The van der Waals surface area contributed by atoms with E-state index in [1.165, 1.54) is 30.6 Å². The van der Waals surface area contributed by atoms with E-state index < -0.39 is 11.8 Å². The van der Waals surface area contributed by atoms with Crippen molar-refractivity contribution in [2.24, 2.45) is 0 Å². The molecule has 1 atom stereocenters. The minimum absolute atomic E-state index is 0.181. The van der Waals surface area contributed by atoms with Crippen LogP contribution >= 0.6 is 11.3 Å². The van der Waals surface area contributed by atoms with E-state index in [1.807, 2.05) is 17.9 Å². The van der Waals surface area contributed by atoms with Crippen LogP contribution in [0.3, 0.4) is 0 Å². The van der Waals surface area contributed by atoms with Crippen molar-refractivity contribution in [3.8, 4) is 5.75 Å². The number of aromatic carboxylic acids is 1. The molecule has 8 heteroatoms. The van der Waals surface area contributed by atoms with Crippen LogP contribution in [0.4, 0.5) is 13.9 Å². The Morgan fingerprint density at radius 3 is 2.52 bits per heavy atom. The summed E-state index contributed by atoms with van der Waals surface area (Å²) in [5.74, 6) is -1.56. The number of carboxylic acids is 1. The highest BCUT2D eigenvalue weighted by Crippen LogP contribution is 2.35. The smallest absolute Gasteiger partial charge is 0.335 e. The number of anilines is 1. The van der Waals surface area contributed by atoms with Crippen molar-refractivity contribution < 1.29 is 23.4 Å². The highest BCUT2D eigenvalue weighted by molar-refractivity contribution is 7.22. The second-order valence-corrected chi connectivity index (χ2v) is 8.58. The molecule has 170 valence electrons. The van der Waals surface area contributed by atoms with E-state index in [0.29, 0.717) is 28.3 Å². The second kappa shape index (κ2) is 9.54. The van der Waals surface area contributed by atoms with Crippen LogP contribution in [-0.4, -0.2) is 29.7 Å². The number of carboxylic acid groups (broad SMARTS) is 1. The van der Waals surface area contributed by atoms with Gasteiger partial charge in [-0.25, -0.2) is 18.6 Å². The molecule has 1 heterocycles. The molecule has 5 nitrogen and oxygen atoms in total. The molecule has 0 aliphatic heterocycles. The van der Waals surface area contributed by atoms with Crippen LogP contribution in [0.2, 0.25) is 0 Å². The number of methoxy groups -OCH3 is 1. The first kappa shape index (κ1) is 22.7. The Bertz CT molecular complexity index is 1290. The number of hydrogen-bond acceptors (Lipinski definition) is 5. The summed E-state index contributed by atoms with van der Waals surface area (Å²) in [7, 11) is 1.42. The quantitative estimate of drug-likeness (QED) is 0.339. The van der Waals surface area contributed by atoms with Crippen LogP contribution < -0.4 is 9.64 Å². The highest BCUT2D eigenvalue weighted by Gasteiger charge is 2.21. The molecule has 1 unspecified atom stereocenters. The fraction of sp³-hybridized carbons (Fsp3) is 0.200. The van der Waals surface area contributed by atoms with Crippen molar-refractivity contribution in [2.45, 2.75) is 19.4 Å². The van der Waals surface area contributed by atoms with E-state index in [4.69, 9.17) is 4.74 Å². The van der Waals surface area contributed by atoms with Crippen molar-refractivity contribution in [1.29, 1.82) is 0 Å². The Hall–Kier alpha value is -3.52. The zero-order valence-corrected chi connectivity index (χ0v) is 18.9. The van der Waals surface area contributed by atoms with Gasteiger partial charge in [-0.3, -0.25) is 0 Å². The molecule has 1 aromatic heterocycles. The molecule has 33 heavy (non-hydrogen) atoms. The number of nitrogens with zero attached hydrogens (tertiary/aromatic N) is 2. The van der Waals surface area contributed by atoms with E-state index in [0.717, 1.165) is 11.1 Å². The summed E-state index contributed by atoms with van der Waals surface area (Å²) >= 11 is 1.26. The largest absolute Gasteiger partial charge is 0.494 e. The Labute approximate surface area is 193 Å². The summed E-state index contributed by atoms with van der Waals surface area (Å²) in [6.07, 6.45) is 0.525. The minimum atomic E-state index is -0.991. The third kappa shape index (κ3) is 4.80. The number of ether oxygens (including phenoxy) is 1. The molecule has 0 bridgehead atoms. The summed E-state index contributed by atoms with van der Waals surface area (Å²) in [6.45, 7) is 2.47. The summed E-state index contributed by atoms with van der Waals surface area (Å²) in [4.78, 5) is 17.9. The molecule has 4 rings (SSSR count). The number of hydrogen-bond donors (Lipinski definition) is 1. The van der Waals surface area contributed by atoms with Gasteiger partial charge in [-0.1, -0.05) is 35.6 Å². The second-order valence-electron chi connectivity index (χ2n) is 7.60. The van der Waals surface area contributed by atoms with E-state index in [1.54, 1.807) is 42.5 Å². The summed E-state index contributed by atoms with van der Waals surface area (Å²) in [6, 6.07) is 16.1. The fourth-order valence-corrected chi connectivity index (χ4v) is 4.76. The number of benzene rings is 3. The maximum absolute atomic E-state index is 14.3. The van der Waals surface area contributed by atoms with Gasteiger partial charge in [-0.2, -0.15) is 0 Å². The van der Waals surface area contributed by atoms with Gasteiger partial charge in [-0.05, 0) is 60.9 Å². The van der Waals surface area contributed by atoms with Crippen molar-refractivity contribution in [3.05, 3.63) is 89.0 Å². The standard InChI is InChI=1S/C25H22F2N2O3S/c1-15(17-7-9-18(10-8-17)24(30)31)29(13-12-16-6-11-22(32-2)20(27)14-16)25-28-21-5-3-4-19(26)23(21)33-25/h3-11,14-15H,12-13H2,1-2H3,(H,30,31). The molecule has 0 aliphatic carbocycles. The maximum Gasteiger partial charge on any atom is 0.335 e. The zero-order valence-electron chi connectivity index (χ0n) is 18.1. The first-order chi connectivity index (χ1) is 15.9. The zero-order chi connectivity index (χ0) is 23.5. The highest BCUT2D eigenvalue weighted by atomic mass is 32.1. The maximum atomic E-state index is 14.3. The third-order valence-corrected chi connectivity index (χ3v) is 6.68. The SMILES string of the molecule is COc1ccc(CCN(c2nc3cccc(F)c3s2)C(C)c2ccc(C(=O)O)cc2)cc1F. The number of rotatable bonds is 8. The molecule has 0 spiro atoms. The molecule has 1 N–H and O–H groups in total. The molecule has 0 amide bonds. The minimum Gasteiger partial charge on any atom is -0.494 e. The monoisotopic (exact) mass is 468 g/mol. The first-order valence-corrected chi connectivity index (χ1v) is 11.2. The van der Waals surface area contributed by atoms with Crippen LogP contribution in [0.25, 0.3) is 10.2 Å². The Morgan fingerprint density at radius 2 is 1.88 bits per heavy atom. The predicted octanol–water partition coefficient (Wildman–Crippen LogP) is 6.09. The molecule has 0 saturated carbocycles. The average molecular weight is 469 g/mol. The molecular formula is C25H22F2N2O3S. The van der Waals surface area contributed by atoms with E-state index in [-0.39, 0.29) is 23.2 Å². The van der Waals surface area contributed by atoms with Crippen LogP contribution in [-0.2, 0) is 6.42 Å². The van der Waals surface area contributed by atoms with Crippen LogP contribution in [0.1, 0.15) is 34.5 Å². The molecule has 3 aromatic carbocycles. The van der Waals surface area contributed by atoms with Gasteiger partial charge in [0.2, 0.25) is 0 Å². The molecular weight excluding hydrogens is 446 g/mol.